The summed E-state index contributed by atoms with van der Waals surface area (Å²) < 4.78 is 24.9. The van der Waals surface area contributed by atoms with Crippen LogP contribution in [0.4, 0.5) is 4.39 Å². The zero-order valence-electron chi connectivity index (χ0n) is 11.9. The number of ether oxygens (including phenoxy) is 2. The fraction of sp³-hybridized carbons (Fsp3) is 0.294. The van der Waals surface area contributed by atoms with Gasteiger partial charge in [-0.05, 0) is 42.7 Å². The number of nitrogens with one attached hydrogen (secondary N) is 1. The van der Waals surface area contributed by atoms with Crippen LogP contribution >= 0.6 is 0 Å². The molecule has 1 aliphatic carbocycles. The number of para-hydroxylation sites is 2. The Morgan fingerprint density at radius 3 is 2.52 bits per heavy atom. The molecule has 0 bridgehead atoms. The van der Waals surface area contributed by atoms with Crippen LogP contribution in [0.3, 0.4) is 0 Å². The molecule has 0 radical (unpaired) electrons. The van der Waals surface area contributed by atoms with Crippen molar-refractivity contribution in [2.75, 3.05) is 7.11 Å². The lowest BCUT2D eigenvalue weighted by atomic mass is 10.2. The second-order valence-electron chi connectivity index (χ2n) is 5.17. The smallest absolute Gasteiger partial charge is 0.169 e. The predicted octanol–water partition coefficient (Wildman–Crippen LogP) is 3.88. The van der Waals surface area contributed by atoms with Crippen molar-refractivity contribution < 1.29 is 13.9 Å². The summed E-state index contributed by atoms with van der Waals surface area (Å²) in [6.45, 7) is 0.691. The Balaban J connectivity index is 1.72. The Bertz CT molecular complexity index is 626. The average molecular weight is 287 g/mol. The summed E-state index contributed by atoms with van der Waals surface area (Å²) >= 11 is 0. The minimum atomic E-state index is -0.365. The Hall–Kier alpha value is -2.07. The van der Waals surface area contributed by atoms with Crippen molar-refractivity contribution in [3.63, 3.8) is 0 Å². The van der Waals surface area contributed by atoms with Gasteiger partial charge in [-0.25, -0.2) is 4.39 Å². The molecule has 0 aliphatic heterocycles. The average Bonchev–Trinajstić information content (AvgIpc) is 3.32. The molecule has 110 valence electrons. The van der Waals surface area contributed by atoms with Gasteiger partial charge in [0.25, 0.3) is 0 Å². The Morgan fingerprint density at radius 1 is 1.10 bits per heavy atom. The molecule has 3 nitrogen and oxygen atoms in total. The lowest BCUT2D eigenvalue weighted by molar-refractivity contribution is 0.371. The highest BCUT2D eigenvalue weighted by Crippen LogP contribution is 2.32. The Morgan fingerprint density at radius 2 is 1.86 bits per heavy atom. The molecule has 0 spiro atoms. The van der Waals surface area contributed by atoms with Gasteiger partial charge in [-0.15, -0.1) is 0 Å². The molecule has 21 heavy (non-hydrogen) atoms. The minimum Gasteiger partial charge on any atom is -0.493 e. The van der Waals surface area contributed by atoms with Crippen LogP contribution in [0.5, 0.6) is 17.2 Å². The lowest BCUT2D eigenvalue weighted by Gasteiger charge is -2.11. The molecule has 4 heteroatoms. The number of hydrogen-bond acceptors (Lipinski definition) is 3. The van der Waals surface area contributed by atoms with Gasteiger partial charge in [-0.1, -0.05) is 18.2 Å². The molecule has 1 aliphatic rings. The van der Waals surface area contributed by atoms with Gasteiger partial charge in [0.1, 0.15) is 0 Å². The van der Waals surface area contributed by atoms with Gasteiger partial charge in [-0.2, -0.15) is 0 Å². The summed E-state index contributed by atoms with van der Waals surface area (Å²) in [4.78, 5) is 0. The van der Waals surface area contributed by atoms with Crippen LogP contribution in [0.1, 0.15) is 18.4 Å². The van der Waals surface area contributed by atoms with Crippen molar-refractivity contribution in [2.24, 2.45) is 0 Å². The molecule has 1 saturated carbocycles. The largest absolute Gasteiger partial charge is 0.493 e. The maximum absolute atomic E-state index is 14.1. The van der Waals surface area contributed by atoms with E-state index >= 15 is 0 Å². The van der Waals surface area contributed by atoms with Crippen LogP contribution in [0.2, 0.25) is 0 Å². The first kappa shape index (κ1) is 13.9. The van der Waals surface area contributed by atoms with E-state index in [1.807, 2.05) is 18.2 Å². The van der Waals surface area contributed by atoms with Crippen LogP contribution < -0.4 is 14.8 Å². The molecule has 0 atom stereocenters. The highest BCUT2D eigenvalue weighted by Gasteiger charge is 2.20. The summed E-state index contributed by atoms with van der Waals surface area (Å²) in [5.74, 6) is 0.921. The summed E-state index contributed by atoms with van der Waals surface area (Å²) in [6, 6.07) is 12.9. The number of rotatable bonds is 6. The molecule has 2 aromatic carbocycles. The maximum atomic E-state index is 14.1. The van der Waals surface area contributed by atoms with E-state index in [-0.39, 0.29) is 11.6 Å². The SMILES string of the molecule is COc1ccccc1Oc1ccc(CNC2CC2)cc1F. The van der Waals surface area contributed by atoms with Crippen molar-refractivity contribution in [3.8, 4) is 17.2 Å². The fourth-order valence-corrected chi connectivity index (χ4v) is 2.11. The van der Waals surface area contributed by atoms with Gasteiger partial charge < -0.3 is 14.8 Å². The minimum absolute atomic E-state index is 0.203. The van der Waals surface area contributed by atoms with Crippen LogP contribution in [-0.4, -0.2) is 13.2 Å². The molecule has 1 fully saturated rings. The van der Waals surface area contributed by atoms with Crippen LogP contribution in [0.15, 0.2) is 42.5 Å². The van der Waals surface area contributed by atoms with E-state index in [1.54, 1.807) is 25.3 Å². The van der Waals surface area contributed by atoms with E-state index < -0.39 is 0 Å². The molecular weight excluding hydrogens is 269 g/mol. The van der Waals surface area contributed by atoms with E-state index in [1.165, 1.54) is 18.9 Å². The Labute approximate surface area is 123 Å². The molecule has 0 amide bonds. The first-order valence-electron chi connectivity index (χ1n) is 7.09. The van der Waals surface area contributed by atoms with Crippen molar-refractivity contribution in [2.45, 2.75) is 25.4 Å². The van der Waals surface area contributed by atoms with Gasteiger partial charge in [0.05, 0.1) is 7.11 Å². The van der Waals surface area contributed by atoms with Crippen molar-refractivity contribution >= 4 is 0 Å². The summed E-state index contributed by atoms with van der Waals surface area (Å²) in [5.41, 5.74) is 0.923. The number of methoxy groups -OCH3 is 1. The van der Waals surface area contributed by atoms with E-state index in [0.29, 0.717) is 24.1 Å². The first-order chi connectivity index (χ1) is 10.3. The van der Waals surface area contributed by atoms with Crippen molar-refractivity contribution in [1.29, 1.82) is 0 Å². The van der Waals surface area contributed by atoms with Gasteiger partial charge >= 0.3 is 0 Å². The normalized spacial score (nSPS) is 14.0. The Kier molecular flexibility index (Phi) is 4.06. The summed E-state index contributed by atoms with van der Waals surface area (Å²) in [7, 11) is 1.56. The maximum Gasteiger partial charge on any atom is 0.169 e. The highest BCUT2D eigenvalue weighted by molar-refractivity contribution is 5.43. The predicted molar refractivity (Wildman–Crippen MR) is 79.3 cm³/mol. The zero-order chi connectivity index (χ0) is 14.7. The molecule has 0 saturated heterocycles. The molecule has 0 aromatic heterocycles. The fourth-order valence-electron chi connectivity index (χ4n) is 2.11. The summed E-state index contributed by atoms with van der Waals surface area (Å²) in [6.07, 6.45) is 2.44. The number of halogens is 1. The van der Waals surface area contributed by atoms with Gasteiger partial charge in [0.15, 0.2) is 23.1 Å². The zero-order valence-corrected chi connectivity index (χ0v) is 11.9. The standard InChI is InChI=1S/C17H18FNO2/c1-20-16-4-2-3-5-17(16)21-15-9-6-12(10-14(15)18)11-19-13-7-8-13/h2-6,9-10,13,19H,7-8,11H2,1H3. The second kappa shape index (κ2) is 6.14. The molecule has 0 heterocycles. The van der Waals surface area contributed by atoms with Crippen LogP contribution in [0, 0.1) is 5.82 Å². The van der Waals surface area contributed by atoms with Gasteiger partial charge in [0.2, 0.25) is 0 Å². The number of benzene rings is 2. The highest BCUT2D eigenvalue weighted by atomic mass is 19.1. The quantitative estimate of drug-likeness (QED) is 0.874. The first-order valence-corrected chi connectivity index (χ1v) is 7.09. The molecular formula is C17H18FNO2. The van der Waals surface area contributed by atoms with Gasteiger partial charge in [0, 0.05) is 12.6 Å². The molecule has 2 aromatic rings. The molecule has 3 rings (SSSR count). The van der Waals surface area contributed by atoms with Gasteiger partial charge in [-0.3, -0.25) is 0 Å². The molecule has 1 N–H and O–H groups in total. The number of hydrogen-bond donors (Lipinski definition) is 1. The van der Waals surface area contributed by atoms with E-state index in [4.69, 9.17) is 9.47 Å². The monoisotopic (exact) mass is 287 g/mol. The van der Waals surface area contributed by atoms with E-state index in [9.17, 15) is 4.39 Å². The molecule has 0 unspecified atom stereocenters. The van der Waals surface area contributed by atoms with E-state index in [2.05, 4.69) is 5.32 Å². The van der Waals surface area contributed by atoms with Crippen LogP contribution in [0.25, 0.3) is 0 Å². The van der Waals surface area contributed by atoms with Crippen molar-refractivity contribution in [1.82, 2.24) is 5.32 Å². The topological polar surface area (TPSA) is 30.5 Å². The lowest BCUT2D eigenvalue weighted by Crippen LogP contribution is -2.15. The summed E-state index contributed by atoms with van der Waals surface area (Å²) in [5, 5.41) is 3.36. The van der Waals surface area contributed by atoms with Crippen LogP contribution in [-0.2, 0) is 6.54 Å². The second-order valence-corrected chi connectivity index (χ2v) is 5.17. The third-order valence-corrected chi connectivity index (χ3v) is 3.46. The van der Waals surface area contributed by atoms with E-state index in [0.717, 1.165) is 5.56 Å². The van der Waals surface area contributed by atoms with Crippen molar-refractivity contribution in [3.05, 3.63) is 53.8 Å². The third kappa shape index (κ3) is 3.52. The third-order valence-electron chi connectivity index (χ3n) is 3.46.